The first-order chi connectivity index (χ1) is 9.23. The molecule has 2 atom stereocenters. The Labute approximate surface area is 128 Å². The third-order valence-electron chi connectivity index (χ3n) is 2.96. The predicted octanol–water partition coefficient (Wildman–Crippen LogP) is 1.09. The van der Waals surface area contributed by atoms with Gasteiger partial charge in [0.05, 0.1) is 27.8 Å². The van der Waals surface area contributed by atoms with E-state index in [9.17, 15) is 16.8 Å². The van der Waals surface area contributed by atoms with E-state index in [1.54, 1.807) is 12.1 Å². The number of hydrogen-bond donors (Lipinski definition) is 1. The lowest BCUT2D eigenvalue weighted by atomic mass is 10.3. The van der Waals surface area contributed by atoms with Crippen LogP contribution in [0, 0.1) is 0 Å². The molecule has 0 amide bonds. The van der Waals surface area contributed by atoms with Crippen LogP contribution in [0.15, 0.2) is 34.1 Å². The second kappa shape index (κ2) is 5.84. The highest BCUT2D eigenvalue weighted by molar-refractivity contribution is 7.98. The minimum Gasteiger partial charge on any atom is -0.229 e. The smallest absolute Gasteiger partial charge is 0.229 e. The summed E-state index contributed by atoms with van der Waals surface area (Å²) in [5, 5.41) is -0.736. The lowest BCUT2D eigenvalue weighted by Gasteiger charge is -2.14. The molecule has 20 heavy (non-hydrogen) atoms. The van der Waals surface area contributed by atoms with Crippen LogP contribution in [-0.2, 0) is 19.9 Å². The molecule has 0 bridgehead atoms. The fourth-order valence-corrected chi connectivity index (χ4v) is 6.35. The number of nitrogens with one attached hydrogen (secondary N) is 1. The number of sulfone groups is 1. The van der Waals surface area contributed by atoms with Crippen molar-refractivity contribution in [2.24, 2.45) is 0 Å². The molecule has 0 unspecified atom stereocenters. The van der Waals surface area contributed by atoms with Crippen LogP contribution in [0.3, 0.4) is 0 Å². The average molecular weight is 356 g/mol. The number of thioether (sulfide) groups is 1. The molecule has 0 aliphatic carbocycles. The Kier molecular flexibility index (Phi) is 4.70. The summed E-state index contributed by atoms with van der Waals surface area (Å²) in [6.45, 7) is 0. The van der Waals surface area contributed by atoms with Gasteiger partial charge in [0.1, 0.15) is 0 Å². The molecule has 0 spiro atoms. The Hall–Kier alpha value is -0.280. The van der Waals surface area contributed by atoms with Crippen LogP contribution in [0.5, 0.6) is 0 Å². The van der Waals surface area contributed by atoms with E-state index in [1.807, 2.05) is 6.26 Å². The van der Waals surface area contributed by atoms with Crippen molar-refractivity contribution in [3.8, 4) is 0 Å². The number of rotatable bonds is 4. The van der Waals surface area contributed by atoms with Gasteiger partial charge in [-0.05, 0) is 30.5 Å². The van der Waals surface area contributed by atoms with Crippen molar-refractivity contribution in [3.63, 3.8) is 0 Å². The van der Waals surface area contributed by atoms with E-state index in [2.05, 4.69) is 4.72 Å². The van der Waals surface area contributed by atoms with E-state index in [0.29, 0.717) is 0 Å². The Balaban J connectivity index is 2.19. The van der Waals surface area contributed by atoms with E-state index in [1.165, 1.54) is 23.9 Å². The fraction of sp³-hybridized carbons (Fsp3) is 0.455. The largest absolute Gasteiger partial charge is 0.240 e. The van der Waals surface area contributed by atoms with E-state index in [0.717, 1.165) is 4.90 Å². The normalized spacial score (nSPS) is 25.7. The molecule has 1 aromatic rings. The van der Waals surface area contributed by atoms with Crippen molar-refractivity contribution in [2.75, 3.05) is 17.8 Å². The summed E-state index contributed by atoms with van der Waals surface area (Å²) in [5.74, 6) is -0.462. The summed E-state index contributed by atoms with van der Waals surface area (Å²) in [4.78, 5) is 1.05. The van der Waals surface area contributed by atoms with E-state index in [4.69, 9.17) is 11.6 Å². The van der Waals surface area contributed by atoms with Crippen LogP contribution in [0.2, 0.25) is 0 Å². The molecule has 2 rings (SSSR count). The van der Waals surface area contributed by atoms with Crippen LogP contribution in [-0.4, -0.2) is 46.0 Å². The van der Waals surface area contributed by atoms with Crippen LogP contribution in [0.25, 0.3) is 0 Å². The minimum atomic E-state index is -3.76. The fourth-order valence-electron chi connectivity index (χ4n) is 1.93. The van der Waals surface area contributed by atoms with Gasteiger partial charge < -0.3 is 0 Å². The molecule has 0 saturated carbocycles. The molecule has 9 heteroatoms. The van der Waals surface area contributed by atoms with Crippen molar-refractivity contribution < 1.29 is 16.8 Å². The number of halogens is 1. The average Bonchev–Trinajstić information content (AvgIpc) is 2.61. The molecule has 0 radical (unpaired) electrons. The Morgan fingerprint density at radius 3 is 2.30 bits per heavy atom. The number of sulfonamides is 1. The quantitative estimate of drug-likeness (QED) is 0.646. The maximum atomic E-state index is 12.2. The predicted molar refractivity (Wildman–Crippen MR) is 80.6 cm³/mol. The van der Waals surface area contributed by atoms with Gasteiger partial charge in [-0.1, -0.05) is 0 Å². The maximum Gasteiger partial charge on any atom is 0.240 e. The molecule has 5 nitrogen and oxygen atoms in total. The van der Waals surface area contributed by atoms with Gasteiger partial charge in [0.2, 0.25) is 10.0 Å². The number of hydrogen-bond acceptors (Lipinski definition) is 5. The zero-order chi connectivity index (χ0) is 15.0. The second-order valence-corrected chi connectivity index (χ2v) is 9.80. The first-order valence-electron chi connectivity index (χ1n) is 5.74. The van der Waals surface area contributed by atoms with Crippen molar-refractivity contribution in [3.05, 3.63) is 24.3 Å². The Morgan fingerprint density at radius 2 is 1.85 bits per heavy atom. The van der Waals surface area contributed by atoms with E-state index >= 15 is 0 Å². The molecule has 0 aromatic heterocycles. The van der Waals surface area contributed by atoms with Gasteiger partial charge in [0, 0.05) is 4.90 Å². The summed E-state index contributed by atoms with van der Waals surface area (Å²) >= 11 is 7.40. The zero-order valence-electron chi connectivity index (χ0n) is 10.6. The maximum absolute atomic E-state index is 12.2. The third kappa shape index (κ3) is 3.67. The molecule has 1 fully saturated rings. The lowest BCUT2D eigenvalue weighted by molar-refractivity contribution is 0.563. The Morgan fingerprint density at radius 1 is 1.25 bits per heavy atom. The van der Waals surface area contributed by atoms with Crippen LogP contribution >= 0.6 is 23.4 Å². The van der Waals surface area contributed by atoms with Gasteiger partial charge in [-0.2, -0.15) is 0 Å². The molecular weight excluding hydrogens is 342 g/mol. The number of alkyl halides is 1. The summed E-state index contributed by atoms with van der Waals surface area (Å²) in [6, 6.07) is 5.58. The molecule has 1 aromatic carbocycles. The summed E-state index contributed by atoms with van der Waals surface area (Å²) in [6.07, 6.45) is 1.89. The summed E-state index contributed by atoms with van der Waals surface area (Å²) < 4.78 is 49.6. The molecule has 112 valence electrons. The zero-order valence-corrected chi connectivity index (χ0v) is 13.8. The summed E-state index contributed by atoms with van der Waals surface area (Å²) in [7, 11) is -7.03. The van der Waals surface area contributed by atoms with Gasteiger partial charge in [-0.15, -0.1) is 23.4 Å². The van der Waals surface area contributed by atoms with E-state index in [-0.39, 0.29) is 16.4 Å². The topological polar surface area (TPSA) is 80.3 Å². The van der Waals surface area contributed by atoms with Crippen molar-refractivity contribution in [1.29, 1.82) is 0 Å². The van der Waals surface area contributed by atoms with E-state index < -0.39 is 31.3 Å². The van der Waals surface area contributed by atoms with Gasteiger partial charge in [-0.3, -0.25) is 0 Å². The highest BCUT2D eigenvalue weighted by Crippen LogP contribution is 2.22. The molecule has 1 heterocycles. The molecule has 1 aliphatic rings. The SMILES string of the molecule is CSc1ccc(S(=O)(=O)N[C@H]2CS(=O)(=O)C[C@H]2Cl)cc1. The Bertz CT molecular complexity index is 685. The van der Waals surface area contributed by atoms with Crippen LogP contribution < -0.4 is 4.72 Å². The lowest BCUT2D eigenvalue weighted by Crippen LogP contribution is -2.40. The molecule has 1 N–H and O–H groups in total. The highest BCUT2D eigenvalue weighted by Gasteiger charge is 2.38. The van der Waals surface area contributed by atoms with Crippen LogP contribution in [0.1, 0.15) is 0 Å². The van der Waals surface area contributed by atoms with Crippen molar-refractivity contribution >= 4 is 43.2 Å². The monoisotopic (exact) mass is 355 g/mol. The van der Waals surface area contributed by atoms with Crippen molar-refractivity contribution in [2.45, 2.75) is 21.2 Å². The van der Waals surface area contributed by atoms with Crippen molar-refractivity contribution in [1.82, 2.24) is 4.72 Å². The first-order valence-corrected chi connectivity index (χ1v) is 10.7. The van der Waals surface area contributed by atoms with Gasteiger partial charge in [-0.25, -0.2) is 21.6 Å². The molecular formula is C11H14ClNO4S3. The standard InChI is InChI=1S/C11H14ClNO4S3/c1-18-8-2-4-9(5-3-8)20(16,17)13-11-7-19(14,15)6-10(11)12/h2-5,10-11,13H,6-7H2,1H3/t10-,11+/m1/s1. The highest BCUT2D eigenvalue weighted by atomic mass is 35.5. The minimum absolute atomic E-state index is 0.100. The van der Waals surface area contributed by atoms with Gasteiger partial charge >= 0.3 is 0 Å². The van der Waals surface area contributed by atoms with Gasteiger partial charge in [0.25, 0.3) is 0 Å². The second-order valence-electron chi connectivity index (χ2n) is 4.50. The molecule has 1 saturated heterocycles. The molecule has 1 aliphatic heterocycles. The summed E-state index contributed by atoms with van der Waals surface area (Å²) in [5.41, 5.74) is 0. The first kappa shape index (κ1) is 16.1. The number of benzene rings is 1. The van der Waals surface area contributed by atoms with Gasteiger partial charge in [0.15, 0.2) is 9.84 Å². The van der Waals surface area contributed by atoms with Crippen LogP contribution in [0.4, 0.5) is 0 Å². The third-order valence-corrected chi connectivity index (χ3v) is 7.58.